The van der Waals surface area contributed by atoms with Gasteiger partial charge in [-0.05, 0) is 33.3 Å². The number of rotatable bonds is 9. The summed E-state index contributed by atoms with van der Waals surface area (Å²) in [5.74, 6) is -6.26. The lowest BCUT2D eigenvalue weighted by atomic mass is 9.70. The van der Waals surface area contributed by atoms with Gasteiger partial charge in [-0.1, -0.05) is 29.5 Å². The third-order valence-electron chi connectivity index (χ3n) is 11.4. The van der Waals surface area contributed by atoms with Gasteiger partial charge in [-0.3, -0.25) is 9.59 Å². The molecule has 53 heavy (non-hydrogen) atoms. The molecule has 17 heteroatoms. The molecule has 3 aliphatic heterocycles. The number of carbonyl (C=O) groups is 2. The summed E-state index contributed by atoms with van der Waals surface area (Å²) >= 11 is 2.04. The van der Waals surface area contributed by atoms with Crippen LogP contribution in [0.2, 0.25) is 0 Å². The maximum atomic E-state index is 13.8. The van der Waals surface area contributed by atoms with E-state index in [0.29, 0.717) is 5.56 Å². The summed E-state index contributed by atoms with van der Waals surface area (Å²) in [6.45, 7) is 7.62. The number of ketones is 1. The quantitative estimate of drug-likeness (QED) is 0.106. The second-order valence-corrected chi connectivity index (χ2v) is 15.8. The maximum Gasteiger partial charge on any atom is 0.303 e. The Bertz CT molecular complexity index is 1800. The Morgan fingerprint density at radius 3 is 2.30 bits per heavy atom. The summed E-state index contributed by atoms with van der Waals surface area (Å²) in [6, 6.07) is 1.58. The van der Waals surface area contributed by atoms with Gasteiger partial charge in [0.2, 0.25) is 17.9 Å². The normalized spacial score (nSPS) is 37.9. The highest BCUT2D eigenvalue weighted by Gasteiger charge is 2.77. The van der Waals surface area contributed by atoms with Crippen molar-refractivity contribution in [2.24, 2.45) is 5.41 Å². The Morgan fingerprint density at radius 2 is 1.75 bits per heavy atom. The Labute approximate surface area is 319 Å². The van der Waals surface area contributed by atoms with E-state index in [9.17, 15) is 35.1 Å². The SMILES string of the molecule is CC[C@@]1(C)C(O)(C(OC)OC)OC2C(I)c3c(OC)cc4c(OC)c5c(c(O)c4c3O[C@]21O)C(=O)[C@@H](O)C[C@@H]5OC1CC(C)(O)C(OC(C)=O)C(C)O1. The minimum absolute atomic E-state index is 0.0373. The molecule has 0 spiro atoms. The van der Waals surface area contributed by atoms with E-state index in [1.807, 2.05) is 22.6 Å². The number of carbonyl (C=O) groups excluding carboxylic acids is 2. The van der Waals surface area contributed by atoms with E-state index >= 15 is 0 Å². The number of phenols is 1. The van der Waals surface area contributed by atoms with Crippen LogP contribution >= 0.6 is 22.6 Å². The van der Waals surface area contributed by atoms with Crippen molar-refractivity contribution in [1.82, 2.24) is 0 Å². The van der Waals surface area contributed by atoms with Gasteiger partial charge in [0.1, 0.15) is 40.8 Å². The molecule has 0 aromatic heterocycles. The molecule has 0 amide bonds. The van der Waals surface area contributed by atoms with Crippen molar-refractivity contribution in [3.8, 4) is 23.0 Å². The molecular weight excluding hydrogens is 815 g/mol. The van der Waals surface area contributed by atoms with Gasteiger partial charge in [0.25, 0.3) is 0 Å². The smallest absolute Gasteiger partial charge is 0.303 e. The Balaban J connectivity index is 1.53. The highest BCUT2D eigenvalue weighted by Crippen LogP contribution is 2.66. The molecule has 3 heterocycles. The number of methoxy groups -OCH3 is 4. The highest BCUT2D eigenvalue weighted by molar-refractivity contribution is 14.1. The lowest BCUT2D eigenvalue weighted by molar-refractivity contribution is -0.354. The first-order valence-corrected chi connectivity index (χ1v) is 18.5. The summed E-state index contributed by atoms with van der Waals surface area (Å²) in [6.07, 6.45) is -8.49. The zero-order valence-electron chi connectivity index (χ0n) is 30.9. The van der Waals surface area contributed by atoms with E-state index in [1.54, 1.807) is 26.8 Å². The predicted octanol–water partition coefficient (Wildman–Crippen LogP) is 3.06. The molecule has 11 atom stereocenters. The average molecular weight is 863 g/mol. The molecule has 294 valence electrons. The van der Waals surface area contributed by atoms with Gasteiger partial charge in [0.05, 0.1) is 52.3 Å². The second-order valence-electron chi connectivity index (χ2n) is 14.4. The van der Waals surface area contributed by atoms with Gasteiger partial charge in [-0.25, -0.2) is 0 Å². The van der Waals surface area contributed by atoms with E-state index in [1.165, 1.54) is 42.3 Å². The lowest BCUT2D eigenvalue weighted by Gasteiger charge is -2.48. The first-order valence-electron chi connectivity index (χ1n) is 17.2. The average Bonchev–Trinajstić information content (AvgIpc) is 3.27. The third-order valence-corrected chi connectivity index (χ3v) is 12.6. The highest BCUT2D eigenvalue weighted by atomic mass is 127. The van der Waals surface area contributed by atoms with Gasteiger partial charge in [0, 0.05) is 44.9 Å². The Morgan fingerprint density at radius 1 is 1.09 bits per heavy atom. The van der Waals surface area contributed by atoms with Crippen LogP contribution in [-0.2, 0) is 33.2 Å². The van der Waals surface area contributed by atoms with Gasteiger partial charge < -0.3 is 68.2 Å². The first-order chi connectivity index (χ1) is 24.8. The molecule has 4 aliphatic rings. The third kappa shape index (κ3) is 5.71. The van der Waals surface area contributed by atoms with Gasteiger partial charge in [-0.15, -0.1) is 0 Å². The minimum Gasteiger partial charge on any atom is -0.506 e. The van der Waals surface area contributed by atoms with Crippen molar-refractivity contribution >= 4 is 45.1 Å². The zero-order valence-corrected chi connectivity index (χ0v) is 33.1. The van der Waals surface area contributed by atoms with Crippen LogP contribution in [0, 0.1) is 5.41 Å². The van der Waals surface area contributed by atoms with Crippen molar-refractivity contribution in [2.75, 3.05) is 28.4 Å². The predicted molar refractivity (Wildman–Crippen MR) is 191 cm³/mol. The van der Waals surface area contributed by atoms with E-state index < -0.39 is 87.1 Å². The Hall–Kier alpha value is -2.59. The van der Waals surface area contributed by atoms with Crippen LogP contribution in [0.1, 0.15) is 85.4 Å². The molecule has 1 aliphatic carbocycles. The molecule has 0 saturated carbocycles. The minimum atomic E-state index is -2.27. The lowest BCUT2D eigenvalue weighted by Crippen LogP contribution is -2.64. The van der Waals surface area contributed by atoms with E-state index in [4.69, 9.17) is 42.6 Å². The van der Waals surface area contributed by atoms with E-state index in [2.05, 4.69) is 0 Å². The zero-order chi connectivity index (χ0) is 39.2. The molecule has 2 aromatic carbocycles. The van der Waals surface area contributed by atoms with Crippen LogP contribution < -0.4 is 14.2 Å². The summed E-state index contributed by atoms with van der Waals surface area (Å²) in [4.78, 5) is 25.6. The Kier molecular flexibility index (Phi) is 10.5. The van der Waals surface area contributed by atoms with E-state index in [-0.39, 0.29) is 58.4 Å². The van der Waals surface area contributed by atoms with Crippen molar-refractivity contribution in [3.63, 3.8) is 0 Å². The summed E-state index contributed by atoms with van der Waals surface area (Å²) < 4.78 is 52.3. The topological polar surface area (TPSA) is 218 Å². The number of esters is 1. The molecule has 2 saturated heterocycles. The monoisotopic (exact) mass is 862 g/mol. The number of benzene rings is 2. The number of hydrogen-bond donors (Lipinski definition) is 5. The van der Waals surface area contributed by atoms with Crippen LogP contribution in [-0.4, -0.2) is 120 Å². The van der Waals surface area contributed by atoms with Crippen LogP contribution in [0.3, 0.4) is 0 Å². The van der Waals surface area contributed by atoms with Crippen LogP contribution in [0.4, 0.5) is 0 Å². The number of aliphatic hydroxyl groups is 4. The molecular formula is C36H47IO16. The number of hydrogen-bond acceptors (Lipinski definition) is 16. The molecule has 16 nitrogen and oxygen atoms in total. The molecule has 7 unspecified atom stereocenters. The van der Waals surface area contributed by atoms with Gasteiger partial charge >= 0.3 is 5.97 Å². The number of aliphatic hydroxyl groups excluding tert-OH is 1. The number of Topliss-reactive ketones (excluding diaryl/α,β-unsaturated/α-hetero) is 1. The maximum absolute atomic E-state index is 13.8. The van der Waals surface area contributed by atoms with Crippen molar-refractivity contribution in [3.05, 3.63) is 22.8 Å². The van der Waals surface area contributed by atoms with Crippen LogP contribution in [0.25, 0.3) is 10.8 Å². The van der Waals surface area contributed by atoms with E-state index in [0.717, 1.165) is 0 Å². The largest absolute Gasteiger partial charge is 0.506 e. The standard InChI is InChI=1S/C36H47IO16/c1-10-34(5)35(43)31(53-36(34,44)32(47-8)48-9)25(37)23-18(45-6)11-16-21(29(23)52-35)27(41)24-22(28(16)46-7)19(12-17(39)26(24)40)51-20-13-33(4,42)30(14(2)49-20)50-15(3)38/h11,14,17,19-20,25,30-32,39,41-44H,10,12-13H2,1-9H3/t14?,17-,19-,20?,25?,30?,31?,33?,34+,35+,36?/m0/s1. The molecule has 5 N–H and O–H groups in total. The molecule has 2 fully saturated rings. The summed E-state index contributed by atoms with van der Waals surface area (Å²) in [5.41, 5.74) is -3.04. The second kappa shape index (κ2) is 13.9. The number of halogens is 1. The number of ether oxygens (including phenoxy) is 9. The summed E-state index contributed by atoms with van der Waals surface area (Å²) in [7, 11) is 5.43. The number of fused-ring (bicyclic) bond motifs is 5. The van der Waals surface area contributed by atoms with Gasteiger partial charge in [0.15, 0.2) is 18.2 Å². The number of phenolic OH excluding ortho intramolecular Hbond substituents is 1. The van der Waals surface area contributed by atoms with Crippen LogP contribution in [0.15, 0.2) is 6.07 Å². The fraction of sp³-hybridized carbons (Fsp3) is 0.667. The van der Waals surface area contributed by atoms with Gasteiger partial charge in [-0.2, -0.15) is 0 Å². The number of aromatic hydroxyl groups is 1. The molecule has 0 radical (unpaired) electrons. The molecule has 2 aromatic rings. The molecule has 6 rings (SSSR count). The number of alkyl halides is 1. The molecule has 0 bridgehead atoms. The van der Waals surface area contributed by atoms with Crippen molar-refractivity contribution in [2.45, 2.75) is 118 Å². The van der Waals surface area contributed by atoms with Crippen molar-refractivity contribution in [1.29, 1.82) is 0 Å². The van der Waals surface area contributed by atoms with Crippen LogP contribution in [0.5, 0.6) is 23.0 Å². The summed E-state index contributed by atoms with van der Waals surface area (Å²) in [5, 5.41) is 59.3. The fourth-order valence-electron chi connectivity index (χ4n) is 8.54. The fourth-order valence-corrected chi connectivity index (χ4v) is 9.76. The first kappa shape index (κ1) is 40.1. The van der Waals surface area contributed by atoms with Crippen molar-refractivity contribution < 1.29 is 77.8 Å².